The van der Waals surface area contributed by atoms with Crippen LogP contribution in [-0.4, -0.2) is 71.5 Å². The minimum atomic E-state index is 0.0484. The SMILES string of the molecule is CCN1CCN(C(=O)c2cc(C)nc(N3CCCCCC3)n2)CC1. The van der Waals surface area contributed by atoms with Gasteiger partial charge >= 0.3 is 0 Å². The van der Waals surface area contributed by atoms with Gasteiger partial charge in [-0.2, -0.15) is 0 Å². The highest BCUT2D eigenvalue weighted by molar-refractivity contribution is 5.92. The van der Waals surface area contributed by atoms with Gasteiger partial charge in [-0.3, -0.25) is 4.79 Å². The van der Waals surface area contributed by atoms with E-state index in [1.54, 1.807) is 0 Å². The van der Waals surface area contributed by atoms with Gasteiger partial charge in [0.05, 0.1) is 0 Å². The van der Waals surface area contributed by atoms with Crippen LogP contribution >= 0.6 is 0 Å². The van der Waals surface area contributed by atoms with E-state index in [4.69, 9.17) is 0 Å². The fraction of sp³-hybridized carbons (Fsp3) is 0.722. The van der Waals surface area contributed by atoms with Crippen LogP contribution < -0.4 is 4.90 Å². The smallest absolute Gasteiger partial charge is 0.272 e. The molecule has 0 aliphatic carbocycles. The Balaban J connectivity index is 1.74. The minimum Gasteiger partial charge on any atom is -0.341 e. The van der Waals surface area contributed by atoms with Crippen molar-refractivity contribution < 1.29 is 4.79 Å². The lowest BCUT2D eigenvalue weighted by Gasteiger charge is -2.34. The first kappa shape index (κ1) is 17.1. The molecule has 1 aromatic heterocycles. The zero-order valence-electron chi connectivity index (χ0n) is 15.0. The van der Waals surface area contributed by atoms with E-state index < -0.39 is 0 Å². The van der Waals surface area contributed by atoms with Gasteiger partial charge in [-0.15, -0.1) is 0 Å². The second-order valence-corrected chi connectivity index (χ2v) is 6.82. The topological polar surface area (TPSA) is 52.6 Å². The van der Waals surface area contributed by atoms with Crippen LogP contribution in [0.15, 0.2) is 6.07 Å². The molecule has 3 rings (SSSR count). The van der Waals surface area contributed by atoms with Gasteiger partial charge in [-0.05, 0) is 32.4 Å². The largest absolute Gasteiger partial charge is 0.341 e. The lowest BCUT2D eigenvalue weighted by atomic mass is 10.2. The lowest BCUT2D eigenvalue weighted by molar-refractivity contribution is 0.0637. The van der Waals surface area contributed by atoms with Gasteiger partial charge in [0.25, 0.3) is 5.91 Å². The van der Waals surface area contributed by atoms with Crippen molar-refractivity contribution in [2.75, 3.05) is 50.7 Å². The van der Waals surface area contributed by atoms with Crippen LogP contribution in [-0.2, 0) is 0 Å². The average molecular weight is 331 g/mol. The Labute approximate surface area is 144 Å². The van der Waals surface area contributed by atoms with Crippen LogP contribution in [0, 0.1) is 6.92 Å². The molecule has 2 fully saturated rings. The van der Waals surface area contributed by atoms with Crippen LogP contribution in [0.5, 0.6) is 0 Å². The molecule has 132 valence electrons. The Bertz CT molecular complexity index is 561. The molecular weight excluding hydrogens is 302 g/mol. The molecule has 0 unspecified atom stereocenters. The van der Waals surface area contributed by atoms with E-state index in [2.05, 4.69) is 26.7 Å². The summed E-state index contributed by atoms with van der Waals surface area (Å²) in [5, 5.41) is 0. The Hall–Kier alpha value is -1.69. The highest BCUT2D eigenvalue weighted by Gasteiger charge is 2.24. The molecule has 2 aliphatic heterocycles. The molecule has 0 bridgehead atoms. The van der Waals surface area contributed by atoms with Crippen LogP contribution in [0.25, 0.3) is 0 Å². The first-order valence-corrected chi connectivity index (χ1v) is 9.29. The maximum absolute atomic E-state index is 12.8. The standard InChI is InChI=1S/C18H29N5O/c1-3-21-10-12-22(13-11-21)17(24)16-14-15(2)19-18(20-16)23-8-6-4-5-7-9-23/h14H,3-13H2,1-2H3. The summed E-state index contributed by atoms with van der Waals surface area (Å²) in [7, 11) is 0. The summed E-state index contributed by atoms with van der Waals surface area (Å²) in [5.74, 6) is 0.778. The maximum Gasteiger partial charge on any atom is 0.272 e. The normalized spacial score (nSPS) is 20.1. The first-order chi connectivity index (χ1) is 11.7. The fourth-order valence-corrected chi connectivity index (χ4v) is 3.50. The van der Waals surface area contributed by atoms with E-state index in [1.807, 2.05) is 17.9 Å². The molecule has 0 spiro atoms. The number of nitrogens with zero attached hydrogens (tertiary/aromatic N) is 5. The maximum atomic E-state index is 12.8. The molecule has 0 saturated carbocycles. The van der Waals surface area contributed by atoms with Crippen LogP contribution in [0.2, 0.25) is 0 Å². The van der Waals surface area contributed by atoms with Gasteiger partial charge < -0.3 is 14.7 Å². The Morgan fingerprint density at radius 2 is 1.67 bits per heavy atom. The zero-order valence-corrected chi connectivity index (χ0v) is 15.0. The molecule has 0 N–H and O–H groups in total. The highest BCUT2D eigenvalue weighted by Crippen LogP contribution is 2.17. The summed E-state index contributed by atoms with van der Waals surface area (Å²) in [6, 6.07) is 1.83. The average Bonchev–Trinajstić information content (AvgIpc) is 2.90. The number of carbonyl (C=O) groups is 1. The van der Waals surface area contributed by atoms with Crippen molar-refractivity contribution in [1.82, 2.24) is 19.8 Å². The molecule has 2 saturated heterocycles. The van der Waals surface area contributed by atoms with Crippen molar-refractivity contribution in [1.29, 1.82) is 0 Å². The van der Waals surface area contributed by atoms with Crippen molar-refractivity contribution in [2.45, 2.75) is 39.5 Å². The Kier molecular flexibility index (Phi) is 5.66. The first-order valence-electron chi connectivity index (χ1n) is 9.29. The molecule has 3 heterocycles. The third-order valence-electron chi connectivity index (χ3n) is 5.06. The summed E-state index contributed by atoms with van der Waals surface area (Å²) in [4.78, 5) is 28.6. The van der Waals surface area contributed by atoms with Gasteiger partial charge in [0.1, 0.15) is 5.69 Å². The number of piperazine rings is 1. The third-order valence-corrected chi connectivity index (χ3v) is 5.06. The second kappa shape index (κ2) is 7.92. The number of aromatic nitrogens is 2. The zero-order chi connectivity index (χ0) is 16.9. The molecule has 1 aromatic rings. The van der Waals surface area contributed by atoms with E-state index in [9.17, 15) is 4.79 Å². The number of amides is 1. The van der Waals surface area contributed by atoms with E-state index in [1.165, 1.54) is 25.7 Å². The lowest BCUT2D eigenvalue weighted by Crippen LogP contribution is -2.48. The molecular formula is C18H29N5O. The van der Waals surface area contributed by atoms with Gasteiger partial charge in [0, 0.05) is 45.0 Å². The predicted octanol–water partition coefficient (Wildman–Crippen LogP) is 1.94. The second-order valence-electron chi connectivity index (χ2n) is 6.82. The summed E-state index contributed by atoms with van der Waals surface area (Å²) >= 11 is 0. The number of likely N-dealkylation sites (N-methyl/N-ethyl adjacent to an activating group) is 1. The van der Waals surface area contributed by atoms with Gasteiger partial charge in [0.2, 0.25) is 5.95 Å². The van der Waals surface area contributed by atoms with E-state index >= 15 is 0 Å². The minimum absolute atomic E-state index is 0.0484. The van der Waals surface area contributed by atoms with Gasteiger partial charge in [-0.25, -0.2) is 9.97 Å². The molecule has 24 heavy (non-hydrogen) atoms. The number of hydrogen-bond donors (Lipinski definition) is 0. The number of rotatable bonds is 3. The number of aryl methyl sites for hydroxylation is 1. The monoisotopic (exact) mass is 331 g/mol. The van der Waals surface area contributed by atoms with Crippen molar-refractivity contribution in [3.05, 3.63) is 17.5 Å². The Morgan fingerprint density at radius 3 is 2.29 bits per heavy atom. The highest BCUT2D eigenvalue weighted by atomic mass is 16.2. The Morgan fingerprint density at radius 1 is 1.00 bits per heavy atom. The van der Waals surface area contributed by atoms with Crippen LogP contribution in [0.3, 0.4) is 0 Å². The van der Waals surface area contributed by atoms with Crippen molar-refractivity contribution in [3.63, 3.8) is 0 Å². The number of anilines is 1. The molecule has 1 amide bonds. The van der Waals surface area contributed by atoms with E-state index in [0.717, 1.165) is 57.5 Å². The molecule has 6 heteroatoms. The summed E-state index contributed by atoms with van der Waals surface area (Å²) in [6.45, 7) is 10.6. The van der Waals surface area contributed by atoms with Crippen molar-refractivity contribution in [3.8, 4) is 0 Å². The molecule has 2 aliphatic rings. The summed E-state index contributed by atoms with van der Waals surface area (Å²) in [5.41, 5.74) is 1.42. The van der Waals surface area contributed by atoms with Crippen molar-refractivity contribution >= 4 is 11.9 Å². The molecule has 6 nitrogen and oxygen atoms in total. The van der Waals surface area contributed by atoms with Crippen LogP contribution in [0.4, 0.5) is 5.95 Å². The quantitative estimate of drug-likeness (QED) is 0.847. The van der Waals surface area contributed by atoms with Crippen molar-refractivity contribution in [2.24, 2.45) is 0 Å². The summed E-state index contributed by atoms with van der Waals surface area (Å²) in [6.07, 6.45) is 4.91. The number of carbonyl (C=O) groups excluding carboxylic acids is 1. The summed E-state index contributed by atoms with van der Waals surface area (Å²) < 4.78 is 0. The van der Waals surface area contributed by atoms with Crippen LogP contribution in [0.1, 0.15) is 48.8 Å². The number of hydrogen-bond acceptors (Lipinski definition) is 5. The van der Waals surface area contributed by atoms with E-state index in [-0.39, 0.29) is 5.91 Å². The fourth-order valence-electron chi connectivity index (χ4n) is 3.50. The van der Waals surface area contributed by atoms with Gasteiger partial charge in [-0.1, -0.05) is 19.8 Å². The van der Waals surface area contributed by atoms with Gasteiger partial charge in [0.15, 0.2) is 0 Å². The molecule has 0 atom stereocenters. The predicted molar refractivity (Wildman–Crippen MR) is 95.5 cm³/mol. The molecule has 0 aromatic carbocycles. The third kappa shape index (κ3) is 4.04. The molecule has 0 radical (unpaired) electrons. The van der Waals surface area contributed by atoms with E-state index in [0.29, 0.717) is 5.69 Å².